The van der Waals surface area contributed by atoms with E-state index in [1.54, 1.807) is 10.8 Å². The number of hydrogen-bond donors (Lipinski definition) is 4. The molecule has 0 spiro atoms. The lowest BCUT2D eigenvalue weighted by Gasteiger charge is -2.27. The van der Waals surface area contributed by atoms with Gasteiger partial charge in [0.1, 0.15) is 21.1 Å². The summed E-state index contributed by atoms with van der Waals surface area (Å²) in [5, 5.41) is 29.3. The summed E-state index contributed by atoms with van der Waals surface area (Å²) in [6.07, 6.45) is 1.87. The Hall–Kier alpha value is -4.28. The number of anilines is 2. The van der Waals surface area contributed by atoms with Crippen LogP contribution in [0, 0.1) is 11.8 Å². The fourth-order valence-corrected chi connectivity index (χ4v) is 6.96. The van der Waals surface area contributed by atoms with Crippen molar-refractivity contribution in [3.05, 3.63) is 82.6 Å². The monoisotopic (exact) mass is 574 g/mol. The molecule has 0 bridgehead atoms. The molecular formula is C30H26N2O6S2. The Balaban J connectivity index is 1.22. The number of aromatic carboxylic acids is 2. The van der Waals surface area contributed by atoms with Crippen LogP contribution in [0.5, 0.6) is 0 Å². The van der Waals surface area contributed by atoms with Crippen molar-refractivity contribution in [1.82, 2.24) is 0 Å². The average molecular weight is 575 g/mol. The summed E-state index contributed by atoms with van der Waals surface area (Å²) in [5.41, 5.74) is 2.76. The Morgan fingerprint density at radius 2 is 0.950 bits per heavy atom. The Morgan fingerprint density at radius 3 is 1.27 bits per heavy atom. The highest BCUT2D eigenvalue weighted by atomic mass is 32.1. The van der Waals surface area contributed by atoms with E-state index in [-0.39, 0.29) is 34.8 Å². The van der Waals surface area contributed by atoms with Crippen molar-refractivity contribution in [2.45, 2.75) is 25.7 Å². The Bertz CT molecular complexity index is 1440. The van der Waals surface area contributed by atoms with Crippen LogP contribution < -0.4 is 10.6 Å². The first-order chi connectivity index (χ1) is 19.3. The minimum Gasteiger partial charge on any atom is -0.478 e. The molecule has 0 aliphatic heterocycles. The van der Waals surface area contributed by atoms with E-state index in [0.717, 1.165) is 11.1 Å². The number of thiophene rings is 2. The predicted molar refractivity (Wildman–Crippen MR) is 156 cm³/mol. The van der Waals surface area contributed by atoms with E-state index in [2.05, 4.69) is 10.6 Å². The molecule has 40 heavy (non-hydrogen) atoms. The number of rotatable bonds is 8. The molecule has 0 unspecified atom stereocenters. The summed E-state index contributed by atoms with van der Waals surface area (Å²) in [6, 6.07) is 18.3. The van der Waals surface area contributed by atoms with Crippen LogP contribution in [0.25, 0.3) is 22.3 Å². The third kappa shape index (κ3) is 5.68. The van der Waals surface area contributed by atoms with Gasteiger partial charge in [-0.05, 0) is 36.8 Å². The molecule has 0 atom stereocenters. The van der Waals surface area contributed by atoms with Gasteiger partial charge in [-0.1, -0.05) is 60.7 Å². The number of hydrogen-bond acceptors (Lipinski definition) is 6. The van der Waals surface area contributed by atoms with Gasteiger partial charge in [-0.3, -0.25) is 9.59 Å². The molecule has 4 N–H and O–H groups in total. The average Bonchev–Trinajstić information content (AvgIpc) is 3.58. The highest BCUT2D eigenvalue weighted by Gasteiger charge is 2.32. The largest absolute Gasteiger partial charge is 0.478 e. The first-order valence-corrected chi connectivity index (χ1v) is 14.5. The van der Waals surface area contributed by atoms with E-state index in [1.807, 2.05) is 60.7 Å². The summed E-state index contributed by atoms with van der Waals surface area (Å²) in [4.78, 5) is 50.2. The lowest BCUT2D eigenvalue weighted by molar-refractivity contribution is -0.125. The van der Waals surface area contributed by atoms with Crippen LogP contribution in [0.2, 0.25) is 0 Å². The zero-order valence-electron chi connectivity index (χ0n) is 21.3. The molecule has 1 aliphatic rings. The standard InChI is InChI=1S/C30H26N2O6S2/c33-25(31-27-23(29(35)36)21(15-39-27)17-7-3-1-4-8-17)19-11-13-20(14-12-19)26(34)32-28-24(30(37)38)22(16-40-28)18-9-5-2-6-10-18/h1-10,15-16,19-20H,11-14H2,(H,31,33)(H,32,34)(H,35,36)(H,37,38). The predicted octanol–water partition coefficient (Wildman–Crippen LogP) is 6.92. The Kier molecular flexibility index (Phi) is 8.09. The third-order valence-corrected chi connectivity index (χ3v) is 8.91. The van der Waals surface area contributed by atoms with Gasteiger partial charge in [0.05, 0.1) is 0 Å². The van der Waals surface area contributed by atoms with Crippen molar-refractivity contribution in [1.29, 1.82) is 0 Å². The summed E-state index contributed by atoms with van der Waals surface area (Å²) in [7, 11) is 0. The third-order valence-electron chi connectivity index (χ3n) is 7.12. The van der Waals surface area contributed by atoms with Gasteiger partial charge in [0.2, 0.25) is 11.8 Å². The molecule has 2 amide bonds. The number of carboxylic acid groups (broad SMARTS) is 2. The highest BCUT2D eigenvalue weighted by molar-refractivity contribution is 7.15. The van der Waals surface area contributed by atoms with Crippen molar-refractivity contribution in [2.75, 3.05) is 10.6 Å². The number of carboxylic acids is 2. The minimum absolute atomic E-state index is 0.0673. The lowest BCUT2D eigenvalue weighted by atomic mass is 9.81. The molecule has 204 valence electrons. The first-order valence-electron chi connectivity index (χ1n) is 12.8. The molecule has 0 saturated heterocycles. The van der Waals surface area contributed by atoms with Crippen LogP contribution in [0.1, 0.15) is 46.4 Å². The molecule has 1 fully saturated rings. The van der Waals surface area contributed by atoms with Crippen LogP contribution in [0.15, 0.2) is 71.4 Å². The highest BCUT2D eigenvalue weighted by Crippen LogP contribution is 2.39. The zero-order chi connectivity index (χ0) is 28.2. The topological polar surface area (TPSA) is 133 Å². The first kappa shape index (κ1) is 27.3. The SMILES string of the molecule is O=C(O)c1c(-c2ccccc2)csc1NC(=O)C1CCC(C(=O)Nc2scc(-c3ccccc3)c2C(=O)O)CC1. The molecule has 0 radical (unpaired) electrons. The van der Waals surface area contributed by atoms with Gasteiger partial charge in [-0.25, -0.2) is 9.59 Å². The number of nitrogens with one attached hydrogen (secondary N) is 2. The van der Waals surface area contributed by atoms with E-state index in [4.69, 9.17) is 0 Å². The van der Waals surface area contributed by atoms with E-state index in [0.29, 0.717) is 46.8 Å². The molecule has 5 rings (SSSR count). The fourth-order valence-electron chi connectivity index (χ4n) is 5.03. The van der Waals surface area contributed by atoms with E-state index < -0.39 is 11.9 Å². The second kappa shape index (κ2) is 11.8. The van der Waals surface area contributed by atoms with Crippen molar-refractivity contribution >= 4 is 56.4 Å². The molecule has 8 nitrogen and oxygen atoms in total. The van der Waals surface area contributed by atoms with Crippen molar-refractivity contribution in [2.24, 2.45) is 11.8 Å². The van der Waals surface area contributed by atoms with E-state index >= 15 is 0 Å². The van der Waals surface area contributed by atoms with Crippen molar-refractivity contribution in [3.8, 4) is 22.3 Å². The molecule has 10 heteroatoms. The van der Waals surface area contributed by atoms with Gasteiger partial charge in [-0.15, -0.1) is 22.7 Å². The quantitative estimate of drug-likeness (QED) is 0.180. The van der Waals surface area contributed by atoms with Crippen LogP contribution in [0.3, 0.4) is 0 Å². The Morgan fingerprint density at radius 1 is 0.600 bits per heavy atom. The number of amides is 2. The number of carbonyl (C=O) groups excluding carboxylic acids is 2. The van der Waals surface area contributed by atoms with Gasteiger partial charge >= 0.3 is 11.9 Å². The van der Waals surface area contributed by atoms with E-state index in [9.17, 15) is 29.4 Å². The van der Waals surface area contributed by atoms with Crippen molar-refractivity contribution < 1.29 is 29.4 Å². The summed E-state index contributed by atoms with van der Waals surface area (Å²) < 4.78 is 0. The van der Waals surface area contributed by atoms with Crippen LogP contribution >= 0.6 is 22.7 Å². The molecule has 2 aromatic carbocycles. The second-order valence-electron chi connectivity index (χ2n) is 9.58. The summed E-state index contributed by atoms with van der Waals surface area (Å²) in [5.74, 6) is -3.45. The Labute approximate surface area is 238 Å². The molecule has 2 heterocycles. The van der Waals surface area contributed by atoms with Gasteiger partial charge in [0.25, 0.3) is 0 Å². The molecule has 1 saturated carbocycles. The van der Waals surface area contributed by atoms with E-state index in [1.165, 1.54) is 22.7 Å². The molecule has 4 aromatic rings. The van der Waals surface area contributed by atoms with Crippen LogP contribution in [0.4, 0.5) is 10.0 Å². The minimum atomic E-state index is -1.11. The summed E-state index contributed by atoms with van der Waals surface area (Å²) >= 11 is 2.36. The smallest absolute Gasteiger partial charge is 0.339 e. The fraction of sp³-hybridized carbons (Fsp3) is 0.200. The number of benzene rings is 2. The summed E-state index contributed by atoms with van der Waals surface area (Å²) in [6.45, 7) is 0. The van der Waals surface area contributed by atoms with Crippen LogP contribution in [-0.4, -0.2) is 34.0 Å². The molecule has 2 aromatic heterocycles. The lowest BCUT2D eigenvalue weighted by Crippen LogP contribution is -2.32. The second-order valence-corrected chi connectivity index (χ2v) is 11.3. The van der Waals surface area contributed by atoms with Crippen LogP contribution in [-0.2, 0) is 9.59 Å². The maximum absolute atomic E-state index is 13.1. The molecule has 1 aliphatic carbocycles. The van der Waals surface area contributed by atoms with Gasteiger partial charge in [0.15, 0.2) is 0 Å². The maximum Gasteiger partial charge on any atom is 0.339 e. The molecular weight excluding hydrogens is 548 g/mol. The van der Waals surface area contributed by atoms with Gasteiger partial charge in [0, 0.05) is 33.7 Å². The van der Waals surface area contributed by atoms with Crippen molar-refractivity contribution in [3.63, 3.8) is 0 Å². The zero-order valence-corrected chi connectivity index (χ0v) is 22.9. The maximum atomic E-state index is 13.1. The van der Waals surface area contributed by atoms with Gasteiger partial charge in [-0.2, -0.15) is 0 Å². The number of carbonyl (C=O) groups is 4. The van der Waals surface area contributed by atoms with Gasteiger partial charge < -0.3 is 20.8 Å². The normalized spacial score (nSPS) is 16.7.